The summed E-state index contributed by atoms with van der Waals surface area (Å²) in [6.45, 7) is 12.1. The average Bonchev–Trinajstić information content (AvgIpc) is 2.84. The average molecular weight is 583 g/mol. The molecule has 0 heterocycles. The number of alkyl carbamates (subject to hydrolysis) is 1. The fraction of sp³-hybridized carbons (Fsp3) is 0.419. The van der Waals surface area contributed by atoms with E-state index in [-0.39, 0.29) is 12.8 Å². The Bertz CT molecular complexity index is 1320. The number of ether oxygens (including phenoxy) is 1. The number of primary amides is 1. The molecule has 2 unspecified atom stereocenters. The molecule has 0 aliphatic heterocycles. The number of carbonyl (C=O) groups excluding carboxylic acids is 4. The molecular weight excluding hydrogens is 544 g/mol. The monoisotopic (exact) mass is 582 g/mol. The van der Waals surface area contributed by atoms with Gasteiger partial charge < -0.3 is 26.0 Å². The van der Waals surface area contributed by atoms with Crippen molar-refractivity contribution in [1.29, 1.82) is 0 Å². The molecule has 2 rings (SSSR count). The molecule has 9 nitrogen and oxygen atoms in total. The number of aryl methyl sites for hydroxylation is 1. The number of amides is 4. The minimum absolute atomic E-state index is 0.116. The Morgan fingerprint density at radius 1 is 1.05 bits per heavy atom. The van der Waals surface area contributed by atoms with Gasteiger partial charge in [-0.3, -0.25) is 14.4 Å². The van der Waals surface area contributed by atoms with Crippen molar-refractivity contribution in [2.24, 2.45) is 5.73 Å². The highest BCUT2D eigenvalue weighted by molar-refractivity contribution is 6.34. The van der Waals surface area contributed by atoms with E-state index in [0.717, 1.165) is 5.56 Å². The number of nitrogens with one attached hydrogen (secondary N) is 2. The minimum Gasteiger partial charge on any atom is -0.444 e. The van der Waals surface area contributed by atoms with Gasteiger partial charge in [0.05, 0.1) is 10.7 Å². The molecule has 0 spiro atoms. The number of hydrogen-bond donors (Lipinski definition) is 3. The smallest absolute Gasteiger partial charge is 0.408 e. The largest absolute Gasteiger partial charge is 0.444 e. The van der Waals surface area contributed by atoms with Crippen LogP contribution in [0.5, 0.6) is 0 Å². The minimum atomic E-state index is -1.25. The van der Waals surface area contributed by atoms with Crippen LogP contribution in [-0.4, -0.2) is 45.9 Å². The Morgan fingerprint density at radius 2 is 1.68 bits per heavy atom. The van der Waals surface area contributed by atoms with Crippen molar-refractivity contribution >= 4 is 41.1 Å². The normalized spacial score (nSPS) is 12.9. The van der Waals surface area contributed by atoms with E-state index in [4.69, 9.17) is 28.5 Å². The van der Waals surface area contributed by atoms with Crippen LogP contribution in [0.15, 0.2) is 42.5 Å². The fourth-order valence-corrected chi connectivity index (χ4v) is 4.52. The number of nitrogens with two attached hydrogens (primary N) is 1. The summed E-state index contributed by atoms with van der Waals surface area (Å²) < 4.78 is 5.37. The molecule has 10 heteroatoms. The van der Waals surface area contributed by atoms with Crippen LogP contribution < -0.4 is 16.4 Å². The van der Waals surface area contributed by atoms with E-state index < -0.39 is 47.0 Å². The van der Waals surface area contributed by atoms with Gasteiger partial charge in [-0.2, -0.15) is 0 Å². The molecule has 0 aromatic heterocycles. The number of halogens is 1. The predicted octanol–water partition coefficient (Wildman–Crippen LogP) is 5.10. The second-order valence-corrected chi connectivity index (χ2v) is 12.0. The van der Waals surface area contributed by atoms with Gasteiger partial charge in [0.15, 0.2) is 0 Å². The SMILES string of the molecule is C#Cc1ccccc1C(C(=O)Nc1c(C)cccc1Cl)N(C(=O)C(CCC(N)=O)NC(=O)OC(C)(C)C)C(C)(C)C. The molecule has 220 valence electrons. The van der Waals surface area contributed by atoms with Crippen molar-refractivity contribution in [1.82, 2.24) is 10.2 Å². The molecule has 4 N–H and O–H groups in total. The standard InChI is InChI=1S/C31H39ClN4O5/c1-9-20-14-10-11-15-21(20)26(27(38)35-25-19(2)13-12-16-22(25)32)36(30(3,4)5)28(39)23(17-18-24(33)37)34-29(40)41-31(6,7)8/h1,10-16,23,26H,17-18H2,2-8H3,(H2,33,37)(H,34,40)(H,35,38). The third-order valence-corrected chi connectivity index (χ3v) is 6.33. The van der Waals surface area contributed by atoms with Gasteiger partial charge in [0.25, 0.3) is 5.91 Å². The molecule has 2 atom stereocenters. The number of terminal acetylenes is 1. The molecule has 4 amide bonds. The Balaban J connectivity index is 2.70. The van der Waals surface area contributed by atoms with Gasteiger partial charge in [0, 0.05) is 17.5 Å². The van der Waals surface area contributed by atoms with Crippen molar-refractivity contribution in [3.05, 3.63) is 64.2 Å². The van der Waals surface area contributed by atoms with Crippen LogP contribution in [0.2, 0.25) is 5.02 Å². The maximum absolute atomic E-state index is 14.4. The number of hydrogen-bond acceptors (Lipinski definition) is 5. The van der Waals surface area contributed by atoms with Gasteiger partial charge in [-0.15, -0.1) is 6.42 Å². The Morgan fingerprint density at radius 3 is 2.22 bits per heavy atom. The van der Waals surface area contributed by atoms with E-state index >= 15 is 0 Å². The van der Waals surface area contributed by atoms with E-state index in [0.29, 0.717) is 21.8 Å². The Kier molecular flexibility index (Phi) is 11.0. The lowest BCUT2D eigenvalue weighted by molar-refractivity contribution is -0.147. The molecule has 41 heavy (non-hydrogen) atoms. The van der Waals surface area contributed by atoms with Gasteiger partial charge in [-0.1, -0.05) is 47.9 Å². The zero-order valence-corrected chi connectivity index (χ0v) is 25.4. The molecule has 0 saturated heterocycles. The lowest BCUT2D eigenvalue weighted by atomic mass is 9.92. The van der Waals surface area contributed by atoms with Gasteiger partial charge in [-0.05, 0) is 78.1 Å². The quantitative estimate of drug-likeness (QED) is 0.354. The number of anilines is 1. The van der Waals surface area contributed by atoms with Crippen molar-refractivity contribution in [3.8, 4) is 12.3 Å². The van der Waals surface area contributed by atoms with E-state index in [1.54, 1.807) is 90.9 Å². The molecule has 0 fully saturated rings. The first kappa shape index (κ1) is 33.2. The Labute approximate surface area is 247 Å². The number of para-hydroxylation sites is 1. The highest BCUT2D eigenvalue weighted by Gasteiger charge is 2.42. The molecule has 2 aromatic carbocycles. The second kappa shape index (κ2) is 13.6. The number of nitrogens with zero attached hydrogens (tertiary/aromatic N) is 1. The summed E-state index contributed by atoms with van der Waals surface area (Å²) in [7, 11) is 0. The summed E-state index contributed by atoms with van der Waals surface area (Å²) in [6, 6.07) is 9.50. The Hall–Kier alpha value is -4.03. The van der Waals surface area contributed by atoms with Crippen LogP contribution >= 0.6 is 11.6 Å². The maximum atomic E-state index is 14.4. The fourth-order valence-electron chi connectivity index (χ4n) is 4.25. The molecule has 0 saturated carbocycles. The summed E-state index contributed by atoms with van der Waals surface area (Å²) in [4.78, 5) is 54.3. The topological polar surface area (TPSA) is 131 Å². The van der Waals surface area contributed by atoms with Gasteiger partial charge in [0.2, 0.25) is 11.8 Å². The first-order valence-corrected chi connectivity index (χ1v) is 13.6. The lowest BCUT2D eigenvalue weighted by Crippen LogP contribution is -2.58. The van der Waals surface area contributed by atoms with Crippen molar-refractivity contribution < 1.29 is 23.9 Å². The van der Waals surface area contributed by atoms with E-state index in [9.17, 15) is 19.2 Å². The summed E-state index contributed by atoms with van der Waals surface area (Å²) in [5.41, 5.74) is 5.47. The summed E-state index contributed by atoms with van der Waals surface area (Å²) in [5.74, 6) is 0.737. The van der Waals surface area contributed by atoms with Crippen LogP contribution in [-0.2, 0) is 19.1 Å². The number of benzene rings is 2. The zero-order valence-electron chi connectivity index (χ0n) is 24.6. The van der Waals surface area contributed by atoms with E-state index in [1.807, 2.05) is 0 Å². The molecule has 0 aliphatic carbocycles. The van der Waals surface area contributed by atoms with Crippen LogP contribution in [0, 0.1) is 19.3 Å². The molecule has 0 bridgehead atoms. The van der Waals surface area contributed by atoms with Crippen LogP contribution in [0.25, 0.3) is 0 Å². The second-order valence-electron chi connectivity index (χ2n) is 11.6. The van der Waals surface area contributed by atoms with Gasteiger partial charge >= 0.3 is 6.09 Å². The number of rotatable bonds is 9. The van der Waals surface area contributed by atoms with Crippen LogP contribution in [0.4, 0.5) is 10.5 Å². The summed E-state index contributed by atoms with van der Waals surface area (Å²) >= 11 is 6.41. The van der Waals surface area contributed by atoms with Crippen molar-refractivity contribution in [2.45, 2.75) is 84.5 Å². The van der Waals surface area contributed by atoms with Gasteiger partial charge in [-0.25, -0.2) is 4.79 Å². The highest BCUT2D eigenvalue weighted by Crippen LogP contribution is 2.34. The highest BCUT2D eigenvalue weighted by atomic mass is 35.5. The predicted molar refractivity (Wildman–Crippen MR) is 160 cm³/mol. The van der Waals surface area contributed by atoms with Crippen LogP contribution in [0.1, 0.15) is 77.1 Å². The van der Waals surface area contributed by atoms with E-state index in [2.05, 4.69) is 16.6 Å². The lowest BCUT2D eigenvalue weighted by Gasteiger charge is -2.43. The maximum Gasteiger partial charge on any atom is 0.408 e. The van der Waals surface area contributed by atoms with E-state index in [1.165, 1.54) is 4.90 Å². The third kappa shape index (κ3) is 9.25. The first-order chi connectivity index (χ1) is 19.0. The summed E-state index contributed by atoms with van der Waals surface area (Å²) in [6.07, 6.45) is 4.64. The summed E-state index contributed by atoms with van der Waals surface area (Å²) in [5, 5.41) is 5.77. The van der Waals surface area contributed by atoms with Crippen molar-refractivity contribution in [3.63, 3.8) is 0 Å². The number of carbonyl (C=O) groups is 4. The first-order valence-electron chi connectivity index (χ1n) is 13.2. The van der Waals surface area contributed by atoms with Crippen LogP contribution in [0.3, 0.4) is 0 Å². The zero-order chi connectivity index (χ0) is 31.1. The molecular formula is C31H39ClN4O5. The molecule has 0 radical (unpaired) electrons. The van der Waals surface area contributed by atoms with Crippen molar-refractivity contribution in [2.75, 3.05) is 5.32 Å². The molecule has 2 aromatic rings. The third-order valence-electron chi connectivity index (χ3n) is 6.02. The van der Waals surface area contributed by atoms with Gasteiger partial charge in [0.1, 0.15) is 17.7 Å². The molecule has 0 aliphatic rings.